The van der Waals surface area contributed by atoms with Crippen LogP contribution < -0.4 is 10.1 Å². The van der Waals surface area contributed by atoms with Crippen molar-refractivity contribution in [1.29, 1.82) is 0 Å². The van der Waals surface area contributed by atoms with E-state index in [0.717, 1.165) is 38.4 Å². The maximum atomic E-state index is 12.9. The maximum Gasteiger partial charge on any atom is 0.223 e. The van der Waals surface area contributed by atoms with E-state index in [1.165, 1.54) is 0 Å². The molecule has 3 aromatic heterocycles. The van der Waals surface area contributed by atoms with Crippen LogP contribution >= 0.6 is 11.3 Å². The Labute approximate surface area is 229 Å². The highest BCUT2D eigenvalue weighted by molar-refractivity contribution is 7.91. The minimum absolute atomic E-state index is 0.0256. The molecule has 196 valence electrons. The third kappa shape index (κ3) is 5.08. The predicted molar refractivity (Wildman–Crippen MR) is 155 cm³/mol. The molecule has 0 saturated heterocycles. The Balaban J connectivity index is 1.18. The Morgan fingerprint density at radius 3 is 2.62 bits per heavy atom. The van der Waals surface area contributed by atoms with Crippen LogP contribution in [0.15, 0.2) is 95.5 Å². The average Bonchev–Trinajstić information content (AvgIpc) is 3.57. The lowest BCUT2D eigenvalue weighted by molar-refractivity contribution is 0.415. The SMILES string of the molecule is COc1ccc(-c2nc3sccn3c2-c2ccnc(NCCCS(=O)(=O)c3ccc4ccccc4c3)n2)cc1. The summed E-state index contributed by atoms with van der Waals surface area (Å²) in [7, 11) is -1.77. The molecule has 0 spiro atoms. The van der Waals surface area contributed by atoms with E-state index in [9.17, 15) is 8.42 Å². The molecule has 3 aromatic carbocycles. The Bertz CT molecular complexity index is 1880. The molecule has 6 aromatic rings. The van der Waals surface area contributed by atoms with E-state index in [1.807, 2.05) is 76.6 Å². The summed E-state index contributed by atoms with van der Waals surface area (Å²) < 4.78 is 33.2. The molecule has 0 fully saturated rings. The van der Waals surface area contributed by atoms with Gasteiger partial charge < -0.3 is 10.1 Å². The number of nitrogens with one attached hydrogen (secondary N) is 1. The molecular weight excluding hydrogens is 530 g/mol. The van der Waals surface area contributed by atoms with Crippen molar-refractivity contribution < 1.29 is 13.2 Å². The third-order valence-corrected chi connectivity index (χ3v) is 9.03. The van der Waals surface area contributed by atoms with Crippen molar-refractivity contribution in [3.63, 3.8) is 0 Å². The number of benzene rings is 3. The summed E-state index contributed by atoms with van der Waals surface area (Å²) in [6.07, 6.45) is 4.09. The molecular formula is C29H25N5O3S2. The van der Waals surface area contributed by atoms with Crippen LogP contribution in [0.1, 0.15) is 6.42 Å². The highest BCUT2D eigenvalue weighted by Crippen LogP contribution is 2.34. The summed E-state index contributed by atoms with van der Waals surface area (Å²) in [4.78, 5) is 15.1. The van der Waals surface area contributed by atoms with Gasteiger partial charge in [-0.15, -0.1) is 11.3 Å². The Kier molecular flexibility index (Phi) is 6.72. The fourth-order valence-corrected chi connectivity index (χ4v) is 6.55. The number of hydrogen-bond acceptors (Lipinski definition) is 8. The predicted octanol–water partition coefficient (Wildman–Crippen LogP) is 5.96. The lowest BCUT2D eigenvalue weighted by Gasteiger charge is -2.09. The molecule has 0 bridgehead atoms. The molecule has 0 amide bonds. The van der Waals surface area contributed by atoms with Crippen LogP contribution in [0.4, 0.5) is 5.95 Å². The molecule has 0 aliphatic rings. The maximum absolute atomic E-state index is 12.9. The second-order valence-electron chi connectivity index (χ2n) is 8.97. The van der Waals surface area contributed by atoms with Gasteiger partial charge in [0, 0.05) is 29.9 Å². The second-order valence-corrected chi connectivity index (χ2v) is 11.9. The normalized spacial score (nSPS) is 11.7. The van der Waals surface area contributed by atoms with Crippen LogP contribution in [0.25, 0.3) is 38.4 Å². The number of thiazole rings is 1. The lowest BCUT2D eigenvalue weighted by atomic mass is 10.1. The number of anilines is 1. The zero-order valence-electron chi connectivity index (χ0n) is 21.1. The lowest BCUT2D eigenvalue weighted by Crippen LogP contribution is -2.13. The standard InChI is InChI=1S/C29H25N5O3S2/c1-37-23-10-7-21(8-11-23)26-27(34-16-17-38-29(34)33-26)25-13-15-31-28(32-25)30-14-4-18-39(35,36)24-12-9-20-5-2-3-6-22(20)19-24/h2-3,5-13,15-17,19H,4,14,18H2,1H3,(H,30,31,32). The molecule has 8 nitrogen and oxygen atoms in total. The van der Waals surface area contributed by atoms with Gasteiger partial charge in [0.25, 0.3) is 0 Å². The summed E-state index contributed by atoms with van der Waals surface area (Å²) in [5.41, 5.74) is 3.35. The number of methoxy groups -OCH3 is 1. The summed E-state index contributed by atoms with van der Waals surface area (Å²) in [5.74, 6) is 1.23. The van der Waals surface area contributed by atoms with E-state index in [1.54, 1.807) is 36.8 Å². The van der Waals surface area contributed by atoms with Gasteiger partial charge in [-0.3, -0.25) is 4.40 Å². The average molecular weight is 556 g/mol. The van der Waals surface area contributed by atoms with Gasteiger partial charge in [0.05, 0.1) is 29.1 Å². The van der Waals surface area contributed by atoms with Crippen LogP contribution in [0.5, 0.6) is 5.75 Å². The molecule has 0 aliphatic carbocycles. The van der Waals surface area contributed by atoms with Crippen molar-refractivity contribution in [2.24, 2.45) is 0 Å². The number of ether oxygens (including phenoxy) is 1. The molecule has 0 saturated carbocycles. The third-order valence-electron chi connectivity index (χ3n) is 6.48. The number of sulfone groups is 1. The number of imidazole rings is 1. The summed E-state index contributed by atoms with van der Waals surface area (Å²) >= 11 is 1.55. The summed E-state index contributed by atoms with van der Waals surface area (Å²) in [5, 5.41) is 7.10. The summed E-state index contributed by atoms with van der Waals surface area (Å²) in [6, 6.07) is 22.6. The minimum Gasteiger partial charge on any atom is -0.497 e. The molecule has 6 rings (SSSR count). The molecule has 0 atom stereocenters. The largest absolute Gasteiger partial charge is 0.497 e. The smallest absolute Gasteiger partial charge is 0.223 e. The van der Waals surface area contributed by atoms with Crippen molar-refractivity contribution in [1.82, 2.24) is 19.4 Å². The number of aromatic nitrogens is 4. The van der Waals surface area contributed by atoms with Gasteiger partial charge in [0.15, 0.2) is 14.8 Å². The first-order valence-electron chi connectivity index (χ1n) is 12.4. The Morgan fingerprint density at radius 2 is 1.79 bits per heavy atom. The van der Waals surface area contributed by atoms with E-state index in [4.69, 9.17) is 14.7 Å². The molecule has 0 unspecified atom stereocenters. The topological polar surface area (TPSA) is 98.5 Å². The number of rotatable bonds is 9. The highest BCUT2D eigenvalue weighted by Gasteiger charge is 2.19. The first kappa shape index (κ1) is 25.0. The zero-order valence-corrected chi connectivity index (χ0v) is 22.7. The minimum atomic E-state index is -3.41. The molecule has 10 heteroatoms. The molecule has 1 N–H and O–H groups in total. The number of nitrogens with zero attached hydrogens (tertiary/aromatic N) is 4. The van der Waals surface area contributed by atoms with Crippen LogP contribution in [0, 0.1) is 0 Å². The van der Waals surface area contributed by atoms with Crippen molar-refractivity contribution >= 4 is 42.9 Å². The number of hydrogen-bond donors (Lipinski definition) is 1. The van der Waals surface area contributed by atoms with Crippen LogP contribution in [-0.2, 0) is 9.84 Å². The van der Waals surface area contributed by atoms with Crippen LogP contribution in [0.2, 0.25) is 0 Å². The van der Waals surface area contributed by atoms with Gasteiger partial charge in [-0.2, -0.15) is 0 Å². The van der Waals surface area contributed by atoms with Gasteiger partial charge in [-0.1, -0.05) is 30.3 Å². The Hall–Kier alpha value is -4.28. The monoisotopic (exact) mass is 555 g/mol. The molecule has 39 heavy (non-hydrogen) atoms. The zero-order chi connectivity index (χ0) is 26.8. The van der Waals surface area contributed by atoms with E-state index >= 15 is 0 Å². The van der Waals surface area contributed by atoms with Crippen LogP contribution in [0.3, 0.4) is 0 Å². The molecule has 3 heterocycles. The Morgan fingerprint density at radius 1 is 0.974 bits per heavy atom. The van der Waals surface area contributed by atoms with Crippen molar-refractivity contribution in [2.75, 3.05) is 24.7 Å². The first-order chi connectivity index (χ1) is 19.0. The first-order valence-corrected chi connectivity index (χ1v) is 14.9. The van der Waals surface area contributed by atoms with Crippen molar-refractivity contribution in [3.05, 3.63) is 90.6 Å². The van der Waals surface area contributed by atoms with E-state index in [-0.39, 0.29) is 5.75 Å². The van der Waals surface area contributed by atoms with E-state index in [2.05, 4.69) is 10.3 Å². The van der Waals surface area contributed by atoms with Gasteiger partial charge >= 0.3 is 0 Å². The van der Waals surface area contributed by atoms with E-state index in [0.29, 0.717) is 29.5 Å². The van der Waals surface area contributed by atoms with E-state index < -0.39 is 9.84 Å². The molecule has 0 aliphatic heterocycles. The molecule has 0 radical (unpaired) electrons. The fraction of sp³-hybridized carbons (Fsp3) is 0.138. The van der Waals surface area contributed by atoms with Crippen molar-refractivity contribution in [3.8, 4) is 28.4 Å². The van der Waals surface area contributed by atoms with Gasteiger partial charge in [0.1, 0.15) is 11.4 Å². The van der Waals surface area contributed by atoms with Gasteiger partial charge in [0.2, 0.25) is 5.95 Å². The fourth-order valence-electron chi connectivity index (χ4n) is 4.50. The van der Waals surface area contributed by atoms with Crippen LogP contribution in [-0.4, -0.2) is 47.2 Å². The highest BCUT2D eigenvalue weighted by atomic mass is 32.2. The number of fused-ring (bicyclic) bond motifs is 2. The quantitative estimate of drug-likeness (QED) is 0.220. The summed E-state index contributed by atoms with van der Waals surface area (Å²) in [6.45, 7) is 0.419. The second kappa shape index (κ2) is 10.5. The van der Waals surface area contributed by atoms with Crippen molar-refractivity contribution in [2.45, 2.75) is 11.3 Å². The van der Waals surface area contributed by atoms with Gasteiger partial charge in [-0.25, -0.2) is 23.4 Å². The van der Waals surface area contributed by atoms with Gasteiger partial charge in [-0.05, 0) is 59.7 Å².